The van der Waals surface area contributed by atoms with Crippen molar-refractivity contribution >= 4 is 12.0 Å². The van der Waals surface area contributed by atoms with Crippen LogP contribution in [0, 0.1) is 0 Å². The molecule has 1 saturated carbocycles. The first kappa shape index (κ1) is 15.8. The average molecular weight is 317 g/mol. The predicted molar refractivity (Wildman–Crippen MR) is 85.3 cm³/mol. The molecule has 0 atom stereocenters. The summed E-state index contributed by atoms with van der Waals surface area (Å²) in [5.41, 5.74) is 1.14. The Kier molecular flexibility index (Phi) is 4.00. The first-order valence-corrected chi connectivity index (χ1v) is 8.06. The van der Waals surface area contributed by atoms with E-state index in [0.717, 1.165) is 0 Å². The highest BCUT2D eigenvalue weighted by Gasteiger charge is 2.35. The van der Waals surface area contributed by atoms with Gasteiger partial charge in [0.2, 0.25) is 0 Å². The van der Waals surface area contributed by atoms with E-state index in [1.165, 1.54) is 18.4 Å². The maximum atomic E-state index is 12.2. The minimum Gasteiger partial charge on any atom is -0.444 e. The number of nitrogens with one attached hydrogen (secondary N) is 1. The Morgan fingerprint density at radius 3 is 2.61 bits per heavy atom. The second-order valence-electron chi connectivity index (χ2n) is 7.30. The zero-order chi connectivity index (χ0) is 16.6. The van der Waals surface area contributed by atoms with Crippen molar-refractivity contribution in [2.45, 2.75) is 51.2 Å². The van der Waals surface area contributed by atoms with Crippen molar-refractivity contribution in [2.75, 3.05) is 13.1 Å². The molecule has 2 fully saturated rings. The molecule has 2 aliphatic rings. The van der Waals surface area contributed by atoms with Crippen LogP contribution in [0.15, 0.2) is 18.3 Å². The maximum Gasteiger partial charge on any atom is 0.410 e. The van der Waals surface area contributed by atoms with Gasteiger partial charge >= 0.3 is 6.09 Å². The van der Waals surface area contributed by atoms with Crippen LogP contribution in [0.3, 0.4) is 0 Å². The predicted octanol–water partition coefficient (Wildman–Crippen LogP) is 2.31. The highest BCUT2D eigenvalue weighted by molar-refractivity contribution is 5.92. The van der Waals surface area contributed by atoms with Crippen molar-refractivity contribution < 1.29 is 14.3 Å². The van der Waals surface area contributed by atoms with E-state index in [1.807, 2.05) is 32.9 Å². The van der Waals surface area contributed by atoms with E-state index in [4.69, 9.17) is 4.74 Å². The SMILES string of the molecule is CC(C)(C)OC(=O)N1CC(NC(=O)c2cc(C3CC3)ccn2)C1. The Morgan fingerprint density at radius 2 is 2.00 bits per heavy atom. The number of pyridine rings is 1. The third kappa shape index (κ3) is 4.00. The molecule has 1 N–H and O–H groups in total. The fourth-order valence-corrected chi connectivity index (χ4v) is 2.55. The molecule has 124 valence electrons. The molecular weight excluding hydrogens is 294 g/mol. The molecule has 3 rings (SSSR count). The normalized spacial score (nSPS) is 18.3. The molecule has 1 aromatic heterocycles. The summed E-state index contributed by atoms with van der Waals surface area (Å²) in [6.07, 6.45) is 3.74. The first-order valence-electron chi connectivity index (χ1n) is 8.06. The summed E-state index contributed by atoms with van der Waals surface area (Å²) in [5.74, 6) is 0.414. The molecule has 23 heavy (non-hydrogen) atoms. The molecule has 1 aromatic rings. The summed E-state index contributed by atoms with van der Waals surface area (Å²) in [6, 6.07) is 3.81. The lowest BCUT2D eigenvalue weighted by Gasteiger charge is -2.39. The van der Waals surface area contributed by atoms with Crippen LogP contribution < -0.4 is 5.32 Å². The van der Waals surface area contributed by atoms with E-state index in [0.29, 0.717) is 24.7 Å². The lowest BCUT2D eigenvalue weighted by atomic mass is 10.1. The van der Waals surface area contributed by atoms with E-state index in [-0.39, 0.29) is 18.0 Å². The van der Waals surface area contributed by atoms with Gasteiger partial charge in [0.05, 0.1) is 6.04 Å². The zero-order valence-electron chi connectivity index (χ0n) is 13.8. The molecule has 2 amide bonds. The van der Waals surface area contributed by atoms with Crippen molar-refractivity contribution in [1.82, 2.24) is 15.2 Å². The van der Waals surface area contributed by atoms with Gasteiger partial charge in [0.15, 0.2) is 0 Å². The second kappa shape index (κ2) is 5.83. The Labute approximate surface area is 136 Å². The minimum atomic E-state index is -0.501. The highest BCUT2D eigenvalue weighted by Crippen LogP contribution is 2.39. The van der Waals surface area contributed by atoms with Crippen molar-refractivity contribution in [3.8, 4) is 0 Å². The van der Waals surface area contributed by atoms with Crippen molar-refractivity contribution in [3.05, 3.63) is 29.6 Å². The molecule has 6 nitrogen and oxygen atoms in total. The topological polar surface area (TPSA) is 71.5 Å². The van der Waals surface area contributed by atoms with Crippen LogP contribution in [0.4, 0.5) is 4.79 Å². The third-order valence-corrected chi connectivity index (χ3v) is 3.93. The van der Waals surface area contributed by atoms with Gasteiger partial charge in [-0.05, 0) is 57.2 Å². The van der Waals surface area contributed by atoms with Crippen LogP contribution in [-0.2, 0) is 4.74 Å². The van der Waals surface area contributed by atoms with E-state index >= 15 is 0 Å². The molecule has 0 bridgehead atoms. The molecular formula is C17H23N3O3. The molecule has 1 aliphatic carbocycles. The fourth-order valence-electron chi connectivity index (χ4n) is 2.55. The highest BCUT2D eigenvalue weighted by atomic mass is 16.6. The number of rotatable bonds is 3. The number of likely N-dealkylation sites (tertiary alicyclic amines) is 1. The molecule has 0 unspecified atom stereocenters. The van der Waals surface area contributed by atoms with Gasteiger partial charge < -0.3 is 15.0 Å². The van der Waals surface area contributed by atoms with Crippen molar-refractivity contribution in [1.29, 1.82) is 0 Å². The Bertz CT molecular complexity index is 614. The van der Waals surface area contributed by atoms with E-state index in [2.05, 4.69) is 10.3 Å². The summed E-state index contributed by atoms with van der Waals surface area (Å²) < 4.78 is 5.29. The number of ether oxygens (including phenoxy) is 1. The zero-order valence-corrected chi connectivity index (χ0v) is 13.8. The van der Waals surface area contributed by atoms with Gasteiger partial charge in [-0.3, -0.25) is 9.78 Å². The maximum absolute atomic E-state index is 12.2. The lowest BCUT2D eigenvalue weighted by molar-refractivity contribution is 0.00531. The average Bonchev–Trinajstić information content (AvgIpc) is 3.24. The molecule has 0 radical (unpaired) electrons. The lowest BCUT2D eigenvalue weighted by Crippen LogP contribution is -2.61. The van der Waals surface area contributed by atoms with Crippen molar-refractivity contribution in [2.24, 2.45) is 0 Å². The molecule has 0 spiro atoms. The van der Waals surface area contributed by atoms with Crippen LogP contribution in [0.25, 0.3) is 0 Å². The second-order valence-corrected chi connectivity index (χ2v) is 7.30. The number of nitrogens with zero attached hydrogens (tertiary/aromatic N) is 2. The van der Waals surface area contributed by atoms with Crippen LogP contribution in [0.5, 0.6) is 0 Å². The molecule has 1 aliphatic heterocycles. The van der Waals surface area contributed by atoms with Gasteiger partial charge in [0, 0.05) is 19.3 Å². The van der Waals surface area contributed by atoms with Crippen LogP contribution in [0.2, 0.25) is 0 Å². The Morgan fingerprint density at radius 1 is 1.30 bits per heavy atom. The fraction of sp³-hybridized carbons (Fsp3) is 0.588. The number of amides is 2. The Balaban J connectivity index is 1.49. The van der Waals surface area contributed by atoms with E-state index in [9.17, 15) is 9.59 Å². The van der Waals surface area contributed by atoms with Crippen molar-refractivity contribution in [3.63, 3.8) is 0 Å². The molecule has 2 heterocycles. The molecule has 6 heteroatoms. The van der Waals surface area contributed by atoms with Gasteiger partial charge in [-0.25, -0.2) is 4.79 Å². The minimum absolute atomic E-state index is 0.0404. The summed E-state index contributed by atoms with van der Waals surface area (Å²) in [4.78, 5) is 29.8. The molecule has 0 aromatic carbocycles. The standard InChI is InChI=1S/C17H23N3O3/c1-17(2,3)23-16(22)20-9-13(10-20)19-15(21)14-8-12(6-7-18-14)11-4-5-11/h6-8,11,13H,4-5,9-10H2,1-3H3,(H,19,21). The summed E-state index contributed by atoms with van der Waals surface area (Å²) >= 11 is 0. The molecule has 1 saturated heterocycles. The van der Waals surface area contributed by atoms with E-state index in [1.54, 1.807) is 11.1 Å². The first-order chi connectivity index (χ1) is 10.8. The number of hydrogen-bond acceptors (Lipinski definition) is 4. The van der Waals surface area contributed by atoms with Gasteiger partial charge in [-0.1, -0.05) is 0 Å². The van der Waals surface area contributed by atoms with Gasteiger partial charge in [-0.15, -0.1) is 0 Å². The smallest absolute Gasteiger partial charge is 0.410 e. The summed E-state index contributed by atoms with van der Waals surface area (Å²) in [6.45, 7) is 6.46. The number of carbonyl (C=O) groups excluding carboxylic acids is 2. The number of hydrogen-bond donors (Lipinski definition) is 1. The Hall–Kier alpha value is -2.11. The van der Waals surface area contributed by atoms with Gasteiger partial charge in [-0.2, -0.15) is 0 Å². The third-order valence-electron chi connectivity index (χ3n) is 3.93. The van der Waals surface area contributed by atoms with E-state index < -0.39 is 5.60 Å². The summed E-state index contributed by atoms with van der Waals surface area (Å²) in [7, 11) is 0. The van der Waals surface area contributed by atoms with Gasteiger partial charge in [0.1, 0.15) is 11.3 Å². The largest absolute Gasteiger partial charge is 0.444 e. The van der Waals surface area contributed by atoms with Crippen LogP contribution in [-0.4, -0.2) is 46.6 Å². The van der Waals surface area contributed by atoms with Crippen LogP contribution in [0.1, 0.15) is 55.6 Å². The van der Waals surface area contributed by atoms with Gasteiger partial charge in [0.25, 0.3) is 5.91 Å². The monoisotopic (exact) mass is 317 g/mol. The number of aromatic nitrogens is 1. The van der Waals surface area contributed by atoms with Crippen LogP contribution >= 0.6 is 0 Å². The number of carbonyl (C=O) groups is 2. The summed E-state index contributed by atoms with van der Waals surface area (Å²) in [5, 5.41) is 2.92. The quantitative estimate of drug-likeness (QED) is 0.928.